The number of hydrogen-bond donors (Lipinski definition) is 1. The SMILES string of the molecule is Clc1nc(NCCc2ncon2)nc(-n2ccnc2)n1. The van der Waals surface area contributed by atoms with Gasteiger partial charge in [-0.2, -0.15) is 19.9 Å². The Morgan fingerprint density at radius 3 is 3.00 bits per heavy atom. The van der Waals surface area contributed by atoms with Gasteiger partial charge in [0, 0.05) is 25.4 Å². The van der Waals surface area contributed by atoms with Crippen molar-refractivity contribution in [3.05, 3.63) is 36.2 Å². The molecule has 20 heavy (non-hydrogen) atoms. The number of nitrogens with one attached hydrogen (secondary N) is 1. The van der Waals surface area contributed by atoms with Gasteiger partial charge in [-0.25, -0.2) is 4.98 Å². The zero-order valence-corrected chi connectivity index (χ0v) is 10.9. The summed E-state index contributed by atoms with van der Waals surface area (Å²) >= 11 is 5.87. The van der Waals surface area contributed by atoms with Crippen molar-refractivity contribution in [2.45, 2.75) is 6.42 Å². The van der Waals surface area contributed by atoms with Crippen LogP contribution in [0.3, 0.4) is 0 Å². The van der Waals surface area contributed by atoms with Crippen molar-refractivity contribution >= 4 is 17.5 Å². The number of aromatic nitrogens is 7. The summed E-state index contributed by atoms with van der Waals surface area (Å²) in [5.41, 5.74) is 0. The van der Waals surface area contributed by atoms with Crippen LogP contribution in [0.15, 0.2) is 29.6 Å². The molecule has 0 atom stereocenters. The van der Waals surface area contributed by atoms with Crippen molar-refractivity contribution in [2.24, 2.45) is 0 Å². The molecule has 0 aromatic carbocycles. The zero-order chi connectivity index (χ0) is 13.8. The molecule has 0 saturated carbocycles. The van der Waals surface area contributed by atoms with E-state index in [0.29, 0.717) is 30.7 Å². The number of halogens is 1. The van der Waals surface area contributed by atoms with Gasteiger partial charge in [0.15, 0.2) is 5.82 Å². The van der Waals surface area contributed by atoms with Crippen LogP contribution in [0.2, 0.25) is 5.28 Å². The summed E-state index contributed by atoms with van der Waals surface area (Å²) in [6.07, 6.45) is 6.79. The average molecular weight is 293 g/mol. The second-order valence-corrected chi connectivity index (χ2v) is 4.06. The third-order valence-corrected chi connectivity index (χ3v) is 2.54. The number of nitrogens with zero attached hydrogens (tertiary/aromatic N) is 7. The molecule has 3 rings (SSSR count). The van der Waals surface area contributed by atoms with Crippen molar-refractivity contribution in [3.63, 3.8) is 0 Å². The van der Waals surface area contributed by atoms with Crippen LogP contribution in [-0.2, 0) is 6.42 Å². The molecule has 0 bridgehead atoms. The minimum Gasteiger partial charge on any atom is -0.354 e. The first-order valence-corrected chi connectivity index (χ1v) is 6.08. The minimum absolute atomic E-state index is 0.103. The first-order valence-electron chi connectivity index (χ1n) is 5.70. The molecule has 0 unspecified atom stereocenters. The summed E-state index contributed by atoms with van der Waals surface area (Å²) < 4.78 is 6.28. The van der Waals surface area contributed by atoms with Crippen LogP contribution < -0.4 is 5.32 Å². The lowest BCUT2D eigenvalue weighted by Crippen LogP contribution is -2.11. The lowest BCUT2D eigenvalue weighted by Gasteiger charge is -2.05. The highest BCUT2D eigenvalue weighted by molar-refractivity contribution is 6.28. The number of anilines is 1. The summed E-state index contributed by atoms with van der Waals surface area (Å²) in [7, 11) is 0. The van der Waals surface area contributed by atoms with E-state index in [2.05, 4.69) is 39.9 Å². The van der Waals surface area contributed by atoms with Crippen LogP contribution in [0.5, 0.6) is 0 Å². The molecule has 0 amide bonds. The molecule has 1 N–H and O–H groups in total. The molecule has 9 nitrogen and oxygen atoms in total. The number of imidazole rings is 1. The largest absolute Gasteiger partial charge is 0.354 e. The third kappa shape index (κ3) is 2.88. The van der Waals surface area contributed by atoms with Gasteiger partial charge in [0.05, 0.1) is 0 Å². The van der Waals surface area contributed by atoms with Crippen LogP contribution in [0.1, 0.15) is 5.82 Å². The van der Waals surface area contributed by atoms with E-state index in [1.54, 1.807) is 23.3 Å². The maximum Gasteiger partial charge on any atom is 0.241 e. The Balaban J connectivity index is 1.70. The highest BCUT2D eigenvalue weighted by atomic mass is 35.5. The van der Waals surface area contributed by atoms with E-state index in [-0.39, 0.29) is 5.28 Å². The van der Waals surface area contributed by atoms with E-state index >= 15 is 0 Å². The van der Waals surface area contributed by atoms with Gasteiger partial charge in [-0.1, -0.05) is 5.16 Å². The third-order valence-electron chi connectivity index (χ3n) is 2.37. The standard InChI is InChI=1S/C10H9ClN8O/c11-8-15-9(13-2-1-7-14-6-20-18-7)17-10(16-8)19-4-3-12-5-19/h3-6H,1-2H2,(H,13,15,16,17). The van der Waals surface area contributed by atoms with E-state index in [1.165, 1.54) is 6.39 Å². The molecule has 0 saturated heterocycles. The van der Waals surface area contributed by atoms with Gasteiger partial charge in [-0.15, -0.1) is 0 Å². The van der Waals surface area contributed by atoms with E-state index in [4.69, 9.17) is 11.6 Å². The summed E-state index contributed by atoms with van der Waals surface area (Å²) in [6, 6.07) is 0. The molecular formula is C10H9ClN8O. The van der Waals surface area contributed by atoms with Gasteiger partial charge >= 0.3 is 0 Å². The second kappa shape index (κ2) is 5.61. The summed E-state index contributed by atoms with van der Waals surface area (Å²) in [5.74, 6) is 1.37. The smallest absolute Gasteiger partial charge is 0.241 e. The van der Waals surface area contributed by atoms with Crippen LogP contribution in [-0.4, -0.2) is 41.2 Å². The molecule has 3 aromatic rings. The molecule has 102 valence electrons. The molecule has 3 aromatic heterocycles. The Morgan fingerprint density at radius 2 is 2.25 bits per heavy atom. The zero-order valence-electron chi connectivity index (χ0n) is 10.1. The van der Waals surface area contributed by atoms with E-state index in [9.17, 15) is 0 Å². The molecule has 3 heterocycles. The van der Waals surface area contributed by atoms with Gasteiger partial charge in [0.1, 0.15) is 6.33 Å². The van der Waals surface area contributed by atoms with Gasteiger partial charge < -0.3 is 9.84 Å². The van der Waals surface area contributed by atoms with Crippen molar-refractivity contribution in [1.29, 1.82) is 0 Å². The summed E-state index contributed by atoms with van der Waals surface area (Å²) in [4.78, 5) is 20.1. The van der Waals surface area contributed by atoms with Crippen molar-refractivity contribution in [3.8, 4) is 5.95 Å². The van der Waals surface area contributed by atoms with Crippen molar-refractivity contribution in [1.82, 2.24) is 34.6 Å². The molecule has 0 aliphatic carbocycles. The predicted molar refractivity (Wildman–Crippen MR) is 68.5 cm³/mol. The fraction of sp³-hybridized carbons (Fsp3) is 0.200. The van der Waals surface area contributed by atoms with Crippen LogP contribution in [0, 0.1) is 0 Å². The Labute approximate surface area is 118 Å². The average Bonchev–Trinajstić information content (AvgIpc) is 3.11. The summed E-state index contributed by atoms with van der Waals surface area (Å²) in [5, 5.41) is 6.83. The quantitative estimate of drug-likeness (QED) is 0.734. The van der Waals surface area contributed by atoms with Gasteiger partial charge in [0.2, 0.25) is 23.6 Å². The maximum atomic E-state index is 5.87. The lowest BCUT2D eigenvalue weighted by molar-refractivity contribution is 0.410. The van der Waals surface area contributed by atoms with Crippen LogP contribution in [0.25, 0.3) is 5.95 Å². The highest BCUT2D eigenvalue weighted by Gasteiger charge is 2.06. The number of hydrogen-bond acceptors (Lipinski definition) is 8. The molecule has 0 spiro atoms. The Hall–Kier alpha value is -2.55. The highest BCUT2D eigenvalue weighted by Crippen LogP contribution is 2.09. The van der Waals surface area contributed by atoms with Gasteiger partial charge in [-0.3, -0.25) is 4.57 Å². The fourth-order valence-electron chi connectivity index (χ4n) is 1.50. The first-order chi connectivity index (χ1) is 9.81. The monoisotopic (exact) mass is 292 g/mol. The molecular weight excluding hydrogens is 284 g/mol. The maximum absolute atomic E-state index is 5.87. The molecule has 0 fully saturated rings. The molecule has 0 radical (unpaired) electrons. The lowest BCUT2D eigenvalue weighted by atomic mass is 10.4. The predicted octanol–water partition coefficient (Wildman–Crippen LogP) is 0.748. The summed E-state index contributed by atoms with van der Waals surface area (Å²) in [6.45, 7) is 0.545. The van der Waals surface area contributed by atoms with E-state index < -0.39 is 0 Å². The first kappa shape index (κ1) is 12.5. The van der Waals surface area contributed by atoms with E-state index in [0.717, 1.165) is 0 Å². The van der Waals surface area contributed by atoms with Crippen LogP contribution >= 0.6 is 11.6 Å². The fourth-order valence-corrected chi connectivity index (χ4v) is 1.66. The van der Waals surface area contributed by atoms with Crippen LogP contribution in [0.4, 0.5) is 5.95 Å². The molecule has 0 aliphatic heterocycles. The topological polar surface area (TPSA) is 107 Å². The Bertz CT molecular complexity index is 669. The molecule has 10 heteroatoms. The van der Waals surface area contributed by atoms with Gasteiger partial charge in [-0.05, 0) is 11.6 Å². The molecule has 0 aliphatic rings. The normalized spacial score (nSPS) is 10.7. The van der Waals surface area contributed by atoms with Crippen molar-refractivity contribution < 1.29 is 4.52 Å². The minimum atomic E-state index is 0.103. The second-order valence-electron chi connectivity index (χ2n) is 3.72. The Kier molecular flexibility index (Phi) is 3.50. The Morgan fingerprint density at radius 1 is 1.30 bits per heavy atom. The number of rotatable bonds is 5. The van der Waals surface area contributed by atoms with Crippen molar-refractivity contribution in [2.75, 3.05) is 11.9 Å². The van der Waals surface area contributed by atoms with E-state index in [1.807, 2.05) is 0 Å². The van der Waals surface area contributed by atoms with Gasteiger partial charge in [0.25, 0.3) is 0 Å².